The lowest BCUT2D eigenvalue weighted by molar-refractivity contribution is 0.0324. The third kappa shape index (κ3) is 2.73. The van der Waals surface area contributed by atoms with Crippen molar-refractivity contribution in [2.24, 2.45) is 11.1 Å². The molecule has 90 valence electrons. The molecule has 0 spiro atoms. The molecule has 1 aliphatic heterocycles. The molecule has 1 saturated heterocycles. The molecule has 1 unspecified atom stereocenters. The Morgan fingerprint density at radius 1 is 1.27 bits per heavy atom. The van der Waals surface area contributed by atoms with Crippen LogP contribution in [0, 0.1) is 5.41 Å². The van der Waals surface area contributed by atoms with Gasteiger partial charge in [0.05, 0.1) is 0 Å². The quantitative estimate of drug-likeness (QED) is 0.776. The summed E-state index contributed by atoms with van der Waals surface area (Å²) < 4.78 is 0. The van der Waals surface area contributed by atoms with Crippen LogP contribution in [0.25, 0.3) is 0 Å². The molecule has 0 amide bonds. The van der Waals surface area contributed by atoms with Crippen LogP contribution in [0.3, 0.4) is 0 Å². The van der Waals surface area contributed by atoms with E-state index in [-0.39, 0.29) is 5.54 Å². The molecule has 15 heavy (non-hydrogen) atoms. The summed E-state index contributed by atoms with van der Waals surface area (Å²) in [6.07, 6.45) is 5.14. The first-order valence-corrected chi connectivity index (χ1v) is 6.45. The van der Waals surface area contributed by atoms with Crippen molar-refractivity contribution < 1.29 is 0 Å². The largest absolute Gasteiger partial charge is 0.329 e. The van der Waals surface area contributed by atoms with Gasteiger partial charge in [0, 0.05) is 12.1 Å². The van der Waals surface area contributed by atoms with E-state index in [2.05, 4.69) is 32.6 Å². The van der Waals surface area contributed by atoms with Crippen molar-refractivity contribution in [1.82, 2.24) is 4.90 Å². The molecule has 1 fully saturated rings. The zero-order valence-corrected chi connectivity index (χ0v) is 11.0. The van der Waals surface area contributed by atoms with Gasteiger partial charge in [-0.2, -0.15) is 0 Å². The molecule has 0 radical (unpaired) electrons. The molecular weight excluding hydrogens is 184 g/mol. The minimum absolute atomic E-state index is 0.231. The van der Waals surface area contributed by atoms with Crippen LogP contribution in [0.15, 0.2) is 0 Å². The second kappa shape index (κ2) is 4.84. The van der Waals surface area contributed by atoms with Gasteiger partial charge in [0.2, 0.25) is 0 Å². The van der Waals surface area contributed by atoms with Crippen molar-refractivity contribution in [3.63, 3.8) is 0 Å². The molecule has 0 bridgehead atoms. The van der Waals surface area contributed by atoms with Crippen LogP contribution >= 0.6 is 0 Å². The maximum Gasteiger partial charge on any atom is 0.0300 e. The summed E-state index contributed by atoms with van der Waals surface area (Å²) in [6, 6.07) is 0. The highest BCUT2D eigenvalue weighted by atomic mass is 15.2. The van der Waals surface area contributed by atoms with Crippen molar-refractivity contribution in [2.45, 2.75) is 58.9 Å². The topological polar surface area (TPSA) is 29.3 Å². The average molecular weight is 212 g/mol. The third-order valence-electron chi connectivity index (χ3n) is 4.79. The lowest BCUT2D eigenvalue weighted by Gasteiger charge is -2.47. The SMILES string of the molecule is CCC1(C)CCN(C(C)(CC)CN)CC1. The van der Waals surface area contributed by atoms with E-state index in [0.717, 1.165) is 13.0 Å². The molecule has 0 aliphatic carbocycles. The van der Waals surface area contributed by atoms with Gasteiger partial charge >= 0.3 is 0 Å². The van der Waals surface area contributed by atoms with Crippen molar-refractivity contribution >= 4 is 0 Å². The van der Waals surface area contributed by atoms with Crippen LogP contribution in [0.4, 0.5) is 0 Å². The Labute approximate surface area is 95.2 Å². The molecule has 0 aromatic heterocycles. The van der Waals surface area contributed by atoms with Crippen LogP contribution in [-0.2, 0) is 0 Å². The lowest BCUT2D eigenvalue weighted by atomic mass is 9.77. The van der Waals surface area contributed by atoms with Crippen LogP contribution < -0.4 is 5.73 Å². The average Bonchev–Trinajstić information content (AvgIpc) is 2.29. The maximum absolute atomic E-state index is 5.91. The van der Waals surface area contributed by atoms with E-state index < -0.39 is 0 Å². The van der Waals surface area contributed by atoms with Crippen LogP contribution in [0.2, 0.25) is 0 Å². The van der Waals surface area contributed by atoms with E-state index in [1.54, 1.807) is 0 Å². The highest BCUT2D eigenvalue weighted by molar-refractivity contribution is 4.91. The zero-order chi connectivity index (χ0) is 11.5. The van der Waals surface area contributed by atoms with Crippen molar-refractivity contribution in [3.05, 3.63) is 0 Å². The van der Waals surface area contributed by atoms with Gasteiger partial charge in [0.15, 0.2) is 0 Å². The van der Waals surface area contributed by atoms with E-state index in [9.17, 15) is 0 Å². The van der Waals surface area contributed by atoms with Gasteiger partial charge in [-0.15, -0.1) is 0 Å². The monoisotopic (exact) mass is 212 g/mol. The fourth-order valence-electron chi connectivity index (χ4n) is 2.44. The fraction of sp³-hybridized carbons (Fsp3) is 1.00. The first kappa shape index (κ1) is 13.0. The highest BCUT2D eigenvalue weighted by Crippen LogP contribution is 2.36. The zero-order valence-electron chi connectivity index (χ0n) is 11.0. The smallest absolute Gasteiger partial charge is 0.0300 e. The standard InChI is InChI=1S/C13H28N2/c1-5-12(3)7-9-15(10-8-12)13(4,6-2)11-14/h5-11,14H2,1-4H3. The summed E-state index contributed by atoms with van der Waals surface area (Å²) >= 11 is 0. The van der Waals surface area contributed by atoms with Crippen molar-refractivity contribution in [2.75, 3.05) is 19.6 Å². The second-order valence-corrected chi connectivity index (χ2v) is 5.71. The van der Waals surface area contributed by atoms with E-state index in [1.165, 1.54) is 32.4 Å². The van der Waals surface area contributed by atoms with Crippen LogP contribution in [0.1, 0.15) is 53.4 Å². The molecular formula is C13H28N2. The summed E-state index contributed by atoms with van der Waals surface area (Å²) in [4.78, 5) is 2.60. The maximum atomic E-state index is 5.91. The summed E-state index contributed by atoms with van der Waals surface area (Å²) in [5.74, 6) is 0. The number of piperidine rings is 1. The molecule has 0 aromatic carbocycles. The molecule has 0 aromatic rings. The molecule has 1 aliphatic rings. The summed E-state index contributed by atoms with van der Waals surface area (Å²) in [5, 5.41) is 0. The first-order chi connectivity index (χ1) is 6.99. The van der Waals surface area contributed by atoms with Gasteiger partial charge in [0.1, 0.15) is 0 Å². The molecule has 1 heterocycles. The first-order valence-electron chi connectivity index (χ1n) is 6.45. The molecule has 1 atom stereocenters. The van der Waals surface area contributed by atoms with Crippen LogP contribution in [0.5, 0.6) is 0 Å². The van der Waals surface area contributed by atoms with Gasteiger partial charge in [-0.05, 0) is 44.7 Å². The normalized spacial score (nSPS) is 26.2. The molecule has 2 N–H and O–H groups in total. The predicted octanol–water partition coefficient (Wildman–Crippen LogP) is 2.63. The fourth-order valence-corrected chi connectivity index (χ4v) is 2.44. The van der Waals surface area contributed by atoms with Crippen molar-refractivity contribution in [1.29, 1.82) is 0 Å². The Morgan fingerprint density at radius 3 is 2.13 bits per heavy atom. The minimum Gasteiger partial charge on any atom is -0.329 e. The minimum atomic E-state index is 0.231. The number of nitrogens with zero attached hydrogens (tertiary/aromatic N) is 1. The number of hydrogen-bond donors (Lipinski definition) is 1. The van der Waals surface area contributed by atoms with E-state index in [4.69, 9.17) is 5.73 Å². The molecule has 1 rings (SSSR count). The lowest BCUT2D eigenvalue weighted by Crippen LogP contribution is -2.55. The molecule has 2 heteroatoms. The van der Waals surface area contributed by atoms with Gasteiger partial charge < -0.3 is 5.73 Å². The number of rotatable bonds is 4. The van der Waals surface area contributed by atoms with E-state index in [0.29, 0.717) is 5.41 Å². The Bertz CT molecular complexity index is 189. The Hall–Kier alpha value is -0.0800. The Kier molecular flexibility index (Phi) is 4.19. The van der Waals surface area contributed by atoms with E-state index >= 15 is 0 Å². The third-order valence-corrected chi connectivity index (χ3v) is 4.79. The van der Waals surface area contributed by atoms with Gasteiger partial charge in [-0.3, -0.25) is 4.90 Å². The summed E-state index contributed by atoms with van der Waals surface area (Å²) in [7, 11) is 0. The van der Waals surface area contributed by atoms with Gasteiger partial charge in [0.25, 0.3) is 0 Å². The van der Waals surface area contributed by atoms with Crippen molar-refractivity contribution in [3.8, 4) is 0 Å². The van der Waals surface area contributed by atoms with E-state index in [1.807, 2.05) is 0 Å². The molecule has 2 nitrogen and oxygen atoms in total. The number of nitrogens with two attached hydrogens (primary N) is 1. The Morgan fingerprint density at radius 2 is 1.80 bits per heavy atom. The number of likely N-dealkylation sites (tertiary alicyclic amines) is 1. The highest BCUT2D eigenvalue weighted by Gasteiger charge is 2.35. The summed E-state index contributed by atoms with van der Waals surface area (Å²) in [5.41, 5.74) is 6.72. The number of hydrogen-bond acceptors (Lipinski definition) is 2. The van der Waals surface area contributed by atoms with Crippen LogP contribution in [-0.4, -0.2) is 30.1 Å². The summed E-state index contributed by atoms with van der Waals surface area (Å²) in [6.45, 7) is 12.5. The Balaban J connectivity index is 2.57. The predicted molar refractivity (Wildman–Crippen MR) is 67.0 cm³/mol. The molecule has 0 saturated carbocycles. The van der Waals surface area contributed by atoms with Gasteiger partial charge in [-0.1, -0.05) is 27.2 Å². The van der Waals surface area contributed by atoms with Gasteiger partial charge in [-0.25, -0.2) is 0 Å². The second-order valence-electron chi connectivity index (χ2n) is 5.71.